The van der Waals surface area contributed by atoms with Gasteiger partial charge in [0.15, 0.2) is 0 Å². The number of rotatable bonds is 3. The highest BCUT2D eigenvalue weighted by Gasteiger charge is 2.24. The molecule has 0 saturated carbocycles. The van der Waals surface area contributed by atoms with Gasteiger partial charge in [-0.25, -0.2) is 0 Å². The van der Waals surface area contributed by atoms with Crippen LogP contribution in [0.4, 0.5) is 0 Å². The van der Waals surface area contributed by atoms with Crippen LogP contribution in [0, 0.1) is 0 Å². The monoisotopic (exact) mass is 207 g/mol. The van der Waals surface area contributed by atoms with E-state index in [1.807, 2.05) is 12.1 Å². The summed E-state index contributed by atoms with van der Waals surface area (Å²) in [6, 6.07) is 8.40. The predicted octanol–water partition coefficient (Wildman–Crippen LogP) is 1.01. The summed E-state index contributed by atoms with van der Waals surface area (Å²) in [5, 5.41) is 8.75. The van der Waals surface area contributed by atoms with Crippen molar-refractivity contribution in [3.63, 3.8) is 0 Å². The zero-order valence-corrected chi connectivity index (χ0v) is 8.73. The van der Waals surface area contributed by atoms with Crippen molar-refractivity contribution in [1.29, 1.82) is 0 Å². The van der Waals surface area contributed by atoms with Gasteiger partial charge < -0.3 is 15.6 Å². The Morgan fingerprint density at radius 3 is 3.00 bits per heavy atom. The van der Waals surface area contributed by atoms with Gasteiger partial charge in [0.25, 0.3) is 0 Å². The molecule has 1 aliphatic carbocycles. The summed E-state index contributed by atoms with van der Waals surface area (Å²) in [7, 11) is 0. The van der Waals surface area contributed by atoms with Crippen LogP contribution in [-0.2, 0) is 11.2 Å². The van der Waals surface area contributed by atoms with Gasteiger partial charge in [0, 0.05) is 6.04 Å². The third kappa shape index (κ3) is 2.37. The van der Waals surface area contributed by atoms with E-state index in [0.29, 0.717) is 6.61 Å². The average Bonchev–Trinajstić information content (AvgIpc) is 2.25. The number of aliphatic hydroxyl groups is 1. The molecule has 15 heavy (non-hydrogen) atoms. The Balaban J connectivity index is 2.18. The van der Waals surface area contributed by atoms with Crippen molar-refractivity contribution in [3.05, 3.63) is 35.4 Å². The zero-order chi connectivity index (χ0) is 10.7. The lowest BCUT2D eigenvalue weighted by Crippen LogP contribution is -2.31. The highest BCUT2D eigenvalue weighted by Crippen LogP contribution is 2.31. The fourth-order valence-electron chi connectivity index (χ4n) is 2.15. The van der Waals surface area contributed by atoms with Crippen LogP contribution < -0.4 is 5.73 Å². The highest BCUT2D eigenvalue weighted by atomic mass is 16.5. The molecule has 3 nitrogen and oxygen atoms in total. The molecule has 82 valence electrons. The molecule has 0 heterocycles. The number of hydrogen-bond acceptors (Lipinski definition) is 3. The first-order valence-electron chi connectivity index (χ1n) is 5.37. The second-order valence-corrected chi connectivity index (χ2v) is 3.98. The molecule has 0 aromatic heterocycles. The summed E-state index contributed by atoms with van der Waals surface area (Å²) in [5.41, 5.74) is 8.48. The minimum Gasteiger partial charge on any atom is -0.394 e. The Morgan fingerprint density at radius 2 is 2.20 bits per heavy atom. The maximum atomic E-state index is 8.75. The molecule has 1 aromatic rings. The van der Waals surface area contributed by atoms with E-state index >= 15 is 0 Å². The molecule has 2 atom stereocenters. The van der Waals surface area contributed by atoms with E-state index < -0.39 is 0 Å². The number of ether oxygens (including phenoxy) is 1. The molecule has 3 heteroatoms. The van der Waals surface area contributed by atoms with Crippen molar-refractivity contribution < 1.29 is 9.84 Å². The maximum absolute atomic E-state index is 8.75. The highest BCUT2D eigenvalue weighted by molar-refractivity contribution is 5.32. The van der Waals surface area contributed by atoms with Gasteiger partial charge in [-0.05, 0) is 24.0 Å². The van der Waals surface area contributed by atoms with Crippen molar-refractivity contribution in [2.75, 3.05) is 13.2 Å². The van der Waals surface area contributed by atoms with Gasteiger partial charge in [-0.15, -0.1) is 0 Å². The summed E-state index contributed by atoms with van der Waals surface area (Å²) in [6.07, 6.45) is 1.82. The van der Waals surface area contributed by atoms with Gasteiger partial charge in [0.05, 0.1) is 19.3 Å². The molecule has 0 fully saturated rings. The molecule has 2 unspecified atom stereocenters. The van der Waals surface area contributed by atoms with Gasteiger partial charge in [-0.1, -0.05) is 24.3 Å². The van der Waals surface area contributed by atoms with Crippen molar-refractivity contribution in [2.24, 2.45) is 5.73 Å². The molecular formula is C12H17NO2. The van der Waals surface area contributed by atoms with Crippen molar-refractivity contribution >= 4 is 0 Å². The Hall–Kier alpha value is -0.900. The molecule has 0 amide bonds. The Labute approximate surface area is 89.9 Å². The summed E-state index contributed by atoms with van der Waals surface area (Å²) in [6.45, 7) is 0.444. The third-order valence-corrected chi connectivity index (χ3v) is 2.81. The van der Waals surface area contributed by atoms with Crippen LogP contribution in [0.25, 0.3) is 0 Å². The minimum absolute atomic E-state index is 0.0529. The van der Waals surface area contributed by atoms with Crippen LogP contribution in [0.5, 0.6) is 0 Å². The third-order valence-electron chi connectivity index (χ3n) is 2.81. The number of fused-ring (bicyclic) bond motifs is 1. The predicted molar refractivity (Wildman–Crippen MR) is 58.5 cm³/mol. The number of nitrogens with two attached hydrogens (primary N) is 1. The molecule has 2 rings (SSSR count). The minimum atomic E-state index is 0.0529. The maximum Gasteiger partial charge on any atom is 0.0843 e. The Morgan fingerprint density at radius 1 is 1.40 bits per heavy atom. The Kier molecular flexibility index (Phi) is 3.36. The normalized spacial score (nSPS) is 24.9. The Bertz CT molecular complexity index is 327. The first-order chi connectivity index (χ1) is 7.31. The van der Waals surface area contributed by atoms with Crippen LogP contribution in [-0.4, -0.2) is 24.4 Å². The van der Waals surface area contributed by atoms with Gasteiger partial charge in [-0.3, -0.25) is 0 Å². The van der Waals surface area contributed by atoms with Crippen molar-refractivity contribution in [3.8, 4) is 0 Å². The lowest BCUT2D eigenvalue weighted by molar-refractivity contribution is 0.0152. The smallest absolute Gasteiger partial charge is 0.0843 e. The van der Waals surface area contributed by atoms with Crippen molar-refractivity contribution in [2.45, 2.75) is 25.0 Å². The summed E-state index contributed by atoms with van der Waals surface area (Å²) < 4.78 is 5.60. The molecule has 1 aromatic carbocycles. The second-order valence-electron chi connectivity index (χ2n) is 3.98. The van der Waals surface area contributed by atoms with Crippen LogP contribution in [0.3, 0.4) is 0 Å². The van der Waals surface area contributed by atoms with E-state index in [4.69, 9.17) is 15.6 Å². The van der Waals surface area contributed by atoms with Crippen LogP contribution in [0.15, 0.2) is 24.3 Å². The second kappa shape index (κ2) is 4.75. The fraction of sp³-hybridized carbons (Fsp3) is 0.500. The molecule has 0 aliphatic heterocycles. The van der Waals surface area contributed by atoms with E-state index in [9.17, 15) is 0 Å². The van der Waals surface area contributed by atoms with Gasteiger partial charge in [0.1, 0.15) is 0 Å². The standard InChI is InChI=1S/C12H17NO2/c13-10-7-9-3-1-2-4-11(9)12(8-10)15-6-5-14/h1-4,10,12,14H,5-8,13H2. The quantitative estimate of drug-likeness (QED) is 0.777. The first kappa shape index (κ1) is 10.6. The molecule has 0 saturated heterocycles. The van der Waals surface area contributed by atoms with Crippen LogP contribution in [0.2, 0.25) is 0 Å². The first-order valence-corrected chi connectivity index (χ1v) is 5.37. The lowest BCUT2D eigenvalue weighted by Gasteiger charge is -2.29. The van der Waals surface area contributed by atoms with Gasteiger partial charge in [0.2, 0.25) is 0 Å². The van der Waals surface area contributed by atoms with Gasteiger partial charge in [-0.2, -0.15) is 0 Å². The zero-order valence-electron chi connectivity index (χ0n) is 8.73. The number of aliphatic hydroxyl groups excluding tert-OH is 1. The van der Waals surface area contributed by atoms with Crippen LogP contribution >= 0.6 is 0 Å². The van der Waals surface area contributed by atoms with Crippen LogP contribution in [0.1, 0.15) is 23.7 Å². The number of benzene rings is 1. The summed E-state index contributed by atoms with van der Waals surface area (Å²) in [4.78, 5) is 0. The van der Waals surface area contributed by atoms with E-state index in [-0.39, 0.29) is 18.8 Å². The SMILES string of the molecule is NC1Cc2ccccc2C(OCCO)C1. The summed E-state index contributed by atoms with van der Waals surface area (Å²) in [5.74, 6) is 0. The van der Waals surface area contributed by atoms with E-state index in [2.05, 4.69) is 12.1 Å². The van der Waals surface area contributed by atoms with E-state index in [1.165, 1.54) is 11.1 Å². The largest absolute Gasteiger partial charge is 0.394 e. The molecular weight excluding hydrogens is 190 g/mol. The van der Waals surface area contributed by atoms with Crippen molar-refractivity contribution in [1.82, 2.24) is 0 Å². The fourth-order valence-corrected chi connectivity index (χ4v) is 2.15. The van der Waals surface area contributed by atoms with E-state index in [0.717, 1.165) is 12.8 Å². The average molecular weight is 207 g/mol. The molecule has 0 radical (unpaired) electrons. The summed E-state index contributed by atoms with van der Waals surface area (Å²) >= 11 is 0. The topological polar surface area (TPSA) is 55.5 Å². The molecule has 3 N–H and O–H groups in total. The lowest BCUT2D eigenvalue weighted by atomic mass is 9.86. The van der Waals surface area contributed by atoms with E-state index in [1.54, 1.807) is 0 Å². The molecule has 1 aliphatic rings. The number of hydrogen-bond donors (Lipinski definition) is 2. The molecule has 0 spiro atoms. The van der Waals surface area contributed by atoms with Gasteiger partial charge >= 0.3 is 0 Å². The molecule has 0 bridgehead atoms.